The number of carbonyl (C=O) groups excluding carboxylic acids is 4. The summed E-state index contributed by atoms with van der Waals surface area (Å²) in [7, 11) is 0. The molecule has 2 atom stereocenters. The molecular weight excluding hydrogens is 406 g/mol. The maximum Gasteiger partial charge on any atom is 0.432 e. The second kappa shape index (κ2) is 10.8. The van der Waals surface area contributed by atoms with Crippen LogP contribution in [0.3, 0.4) is 0 Å². The van der Waals surface area contributed by atoms with E-state index in [1.807, 2.05) is 30.3 Å². The fourth-order valence-corrected chi connectivity index (χ4v) is 2.68. The Bertz CT molecular complexity index is 776. The molecule has 1 aromatic carbocycles. The molecule has 1 aliphatic heterocycles. The second-order valence-electron chi connectivity index (χ2n) is 8.10. The Morgan fingerprint density at radius 3 is 2.26 bits per heavy atom. The monoisotopic (exact) mass is 435 g/mol. The largest absolute Gasteiger partial charge is 0.444 e. The van der Waals surface area contributed by atoms with Crippen molar-refractivity contribution in [2.75, 3.05) is 6.54 Å². The van der Waals surface area contributed by atoms with Crippen LogP contribution in [0.2, 0.25) is 0 Å². The summed E-state index contributed by atoms with van der Waals surface area (Å²) in [4.78, 5) is 52.2. The van der Waals surface area contributed by atoms with Crippen LogP contribution in [0.4, 0.5) is 9.59 Å². The molecule has 0 saturated carbocycles. The van der Waals surface area contributed by atoms with E-state index in [0.717, 1.165) is 5.56 Å². The molecular formula is C21H29N3O7. The number of ether oxygens (including phenoxy) is 2. The minimum absolute atomic E-state index is 0.000697. The maximum absolute atomic E-state index is 12.2. The normalized spacial score (nSPS) is 15.9. The Balaban J connectivity index is 1.95. The predicted molar refractivity (Wildman–Crippen MR) is 109 cm³/mol. The molecule has 1 saturated heterocycles. The van der Waals surface area contributed by atoms with E-state index < -0.39 is 41.7 Å². The highest BCUT2D eigenvalue weighted by atomic mass is 16.7. The number of alkyl carbamates (subject to hydrolysis) is 1. The zero-order valence-electron chi connectivity index (χ0n) is 18.2. The van der Waals surface area contributed by atoms with E-state index in [9.17, 15) is 19.2 Å². The van der Waals surface area contributed by atoms with Gasteiger partial charge in [0.15, 0.2) is 0 Å². The zero-order valence-corrected chi connectivity index (χ0v) is 18.2. The molecule has 2 N–H and O–H groups in total. The molecule has 0 aromatic heterocycles. The van der Waals surface area contributed by atoms with Crippen LogP contribution >= 0.6 is 0 Å². The number of rotatable bonds is 8. The fraction of sp³-hybridized carbons (Fsp3) is 0.524. The topological polar surface area (TPSA) is 123 Å². The van der Waals surface area contributed by atoms with Crippen molar-refractivity contribution < 1.29 is 33.5 Å². The van der Waals surface area contributed by atoms with Gasteiger partial charge in [-0.3, -0.25) is 9.59 Å². The highest BCUT2D eigenvalue weighted by Crippen LogP contribution is 2.12. The van der Waals surface area contributed by atoms with Crippen molar-refractivity contribution in [3.05, 3.63) is 35.9 Å². The molecule has 31 heavy (non-hydrogen) atoms. The minimum Gasteiger partial charge on any atom is -0.444 e. The molecule has 0 bridgehead atoms. The smallest absolute Gasteiger partial charge is 0.432 e. The highest BCUT2D eigenvalue weighted by Gasteiger charge is 2.33. The van der Waals surface area contributed by atoms with Crippen LogP contribution in [-0.4, -0.2) is 53.4 Å². The van der Waals surface area contributed by atoms with Gasteiger partial charge in [-0.2, -0.15) is 0 Å². The molecule has 0 aliphatic carbocycles. The van der Waals surface area contributed by atoms with Crippen LogP contribution in [0, 0.1) is 0 Å². The fourth-order valence-electron chi connectivity index (χ4n) is 2.68. The number of nitrogens with zero attached hydrogens (tertiary/aromatic N) is 1. The van der Waals surface area contributed by atoms with Gasteiger partial charge in [0, 0.05) is 19.4 Å². The van der Waals surface area contributed by atoms with E-state index in [0.29, 0.717) is 11.7 Å². The Kier molecular flexibility index (Phi) is 8.38. The van der Waals surface area contributed by atoms with Gasteiger partial charge in [0.2, 0.25) is 0 Å². The van der Waals surface area contributed by atoms with Gasteiger partial charge in [-0.25, -0.2) is 9.59 Å². The van der Waals surface area contributed by atoms with Crippen LogP contribution in [0.25, 0.3) is 0 Å². The van der Waals surface area contributed by atoms with Crippen LogP contribution in [0.1, 0.15) is 46.1 Å². The quantitative estimate of drug-likeness (QED) is 0.601. The van der Waals surface area contributed by atoms with Crippen molar-refractivity contribution in [1.29, 1.82) is 0 Å². The van der Waals surface area contributed by atoms with Crippen LogP contribution in [-0.2, 0) is 30.5 Å². The molecule has 1 aromatic rings. The van der Waals surface area contributed by atoms with E-state index in [2.05, 4.69) is 10.6 Å². The lowest BCUT2D eigenvalue weighted by atomic mass is 10.1. The summed E-state index contributed by atoms with van der Waals surface area (Å²) in [6, 6.07) is 8.81. The van der Waals surface area contributed by atoms with E-state index in [1.54, 1.807) is 27.7 Å². The highest BCUT2D eigenvalue weighted by molar-refractivity contribution is 6.01. The Labute approximate surface area is 181 Å². The summed E-state index contributed by atoms with van der Waals surface area (Å²) in [6.07, 6.45) is -2.18. The molecule has 170 valence electrons. The van der Waals surface area contributed by atoms with Gasteiger partial charge in [0.1, 0.15) is 5.60 Å². The Hall–Kier alpha value is -3.14. The minimum atomic E-state index is -0.991. The summed E-state index contributed by atoms with van der Waals surface area (Å²) in [5, 5.41) is 5.56. The average molecular weight is 435 g/mol. The number of amides is 4. The summed E-state index contributed by atoms with van der Waals surface area (Å²) >= 11 is 0. The first kappa shape index (κ1) is 24.1. The third kappa shape index (κ3) is 8.25. The molecule has 0 radical (unpaired) electrons. The molecule has 1 heterocycles. The third-order valence-corrected chi connectivity index (χ3v) is 4.27. The summed E-state index contributed by atoms with van der Waals surface area (Å²) in [6.45, 7) is 7.16. The van der Waals surface area contributed by atoms with Gasteiger partial charge in [-0.15, -0.1) is 5.06 Å². The number of imide groups is 1. The first-order valence-electron chi connectivity index (χ1n) is 10.0. The SMILES string of the molecule is CC(OCc1ccccc1)[C@H](CNC(=O)ON1C(=O)CCC1=O)NC(=O)OC(C)(C)C. The van der Waals surface area contributed by atoms with Crippen molar-refractivity contribution in [2.45, 2.75) is 64.9 Å². The molecule has 2 rings (SSSR count). The van der Waals surface area contributed by atoms with Gasteiger partial charge in [0.05, 0.1) is 18.8 Å². The lowest BCUT2D eigenvalue weighted by molar-refractivity contribution is -0.171. The van der Waals surface area contributed by atoms with Crippen LogP contribution in [0.15, 0.2) is 30.3 Å². The predicted octanol–water partition coefficient (Wildman–Crippen LogP) is 2.28. The average Bonchev–Trinajstić information content (AvgIpc) is 3.00. The molecule has 1 unspecified atom stereocenters. The Morgan fingerprint density at radius 2 is 1.68 bits per heavy atom. The number of nitrogens with one attached hydrogen (secondary N) is 2. The summed E-state index contributed by atoms with van der Waals surface area (Å²) in [5.41, 5.74) is 0.245. The number of benzene rings is 1. The van der Waals surface area contributed by atoms with Crippen molar-refractivity contribution in [1.82, 2.24) is 15.7 Å². The van der Waals surface area contributed by atoms with Crippen molar-refractivity contribution in [3.8, 4) is 0 Å². The van der Waals surface area contributed by atoms with Gasteiger partial charge >= 0.3 is 12.2 Å². The Morgan fingerprint density at radius 1 is 1.06 bits per heavy atom. The van der Waals surface area contributed by atoms with E-state index >= 15 is 0 Å². The standard InChI is InChI=1S/C21H29N3O7/c1-14(29-13-15-8-6-5-7-9-15)16(23-20(28)30-21(2,3)4)12-22-19(27)31-24-17(25)10-11-18(24)26/h5-9,14,16H,10-13H2,1-4H3,(H,22,27)(H,23,28)/t14?,16-/m0/s1. The van der Waals surface area contributed by atoms with Crippen molar-refractivity contribution in [3.63, 3.8) is 0 Å². The summed E-state index contributed by atoms with van der Waals surface area (Å²) < 4.78 is 11.1. The van der Waals surface area contributed by atoms with Gasteiger partial charge in [-0.05, 0) is 33.3 Å². The van der Waals surface area contributed by atoms with Crippen molar-refractivity contribution >= 4 is 24.0 Å². The van der Waals surface area contributed by atoms with Gasteiger partial charge in [-0.1, -0.05) is 30.3 Å². The number of hydrogen-bond acceptors (Lipinski definition) is 7. The van der Waals surface area contributed by atoms with E-state index in [1.165, 1.54) is 0 Å². The van der Waals surface area contributed by atoms with Crippen molar-refractivity contribution in [2.24, 2.45) is 0 Å². The van der Waals surface area contributed by atoms with E-state index in [-0.39, 0.29) is 19.4 Å². The molecule has 10 nitrogen and oxygen atoms in total. The maximum atomic E-state index is 12.2. The first-order chi connectivity index (χ1) is 14.5. The van der Waals surface area contributed by atoms with Gasteiger partial charge < -0.3 is 24.9 Å². The van der Waals surface area contributed by atoms with E-state index in [4.69, 9.17) is 14.3 Å². The lowest BCUT2D eigenvalue weighted by Gasteiger charge is -2.27. The van der Waals surface area contributed by atoms with Crippen LogP contribution < -0.4 is 10.6 Å². The zero-order chi connectivity index (χ0) is 23.0. The number of hydrogen-bond donors (Lipinski definition) is 2. The number of hydroxylamine groups is 2. The molecule has 4 amide bonds. The first-order valence-corrected chi connectivity index (χ1v) is 10.0. The molecule has 1 aliphatic rings. The van der Waals surface area contributed by atoms with Crippen LogP contribution in [0.5, 0.6) is 0 Å². The summed E-state index contributed by atoms with van der Waals surface area (Å²) in [5.74, 6) is -1.16. The number of carbonyl (C=O) groups is 4. The molecule has 10 heteroatoms. The third-order valence-electron chi connectivity index (χ3n) is 4.27. The second-order valence-corrected chi connectivity index (χ2v) is 8.10. The molecule has 1 fully saturated rings. The lowest BCUT2D eigenvalue weighted by Crippen LogP contribution is -2.52. The molecule has 0 spiro atoms. The van der Waals surface area contributed by atoms with Gasteiger partial charge in [0.25, 0.3) is 11.8 Å².